The summed E-state index contributed by atoms with van der Waals surface area (Å²) in [7, 11) is 0. The van der Waals surface area contributed by atoms with Crippen molar-refractivity contribution in [2.45, 2.75) is 26.8 Å². The second-order valence-corrected chi connectivity index (χ2v) is 7.99. The number of benzene rings is 1. The van der Waals surface area contributed by atoms with Crippen molar-refractivity contribution in [1.82, 2.24) is 20.4 Å². The van der Waals surface area contributed by atoms with Crippen molar-refractivity contribution in [3.8, 4) is 11.3 Å². The van der Waals surface area contributed by atoms with Gasteiger partial charge >= 0.3 is 0 Å². The van der Waals surface area contributed by atoms with Crippen LogP contribution >= 0.6 is 11.6 Å². The molecule has 0 aliphatic carbocycles. The molecule has 0 unspecified atom stereocenters. The molecule has 0 atom stereocenters. The third-order valence-corrected chi connectivity index (χ3v) is 4.92. The maximum Gasteiger partial charge on any atom is 0.276 e. The molecule has 7 nitrogen and oxygen atoms in total. The van der Waals surface area contributed by atoms with Crippen LogP contribution in [0.1, 0.15) is 36.3 Å². The summed E-state index contributed by atoms with van der Waals surface area (Å²) in [6, 6.07) is 12.5. The Bertz CT molecular complexity index is 1020. The second-order valence-electron chi connectivity index (χ2n) is 7.58. The molecule has 31 heavy (non-hydrogen) atoms. The van der Waals surface area contributed by atoms with Crippen molar-refractivity contribution in [2.24, 2.45) is 5.92 Å². The lowest BCUT2D eigenvalue weighted by Crippen LogP contribution is -2.37. The molecule has 8 heteroatoms. The van der Waals surface area contributed by atoms with Gasteiger partial charge < -0.3 is 14.7 Å². The van der Waals surface area contributed by atoms with E-state index >= 15 is 0 Å². The van der Waals surface area contributed by atoms with E-state index in [1.54, 1.807) is 35.5 Å². The van der Waals surface area contributed by atoms with Crippen LogP contribution in [0.3, 0.4) is 0 Å². The van der Waals surface area contributed by atoms with E-state index in [0.29, 0.717) is 29.4 Å². The van der Waals surface area contributed by atoms with Gasteiger partial charge in [0.15, 0.2) is 11.5 Å². The molecule has 0 radical (unpaired) electrons. The maximum atomic E-state index is 13.0. The number of pyridine rings is 1. The lowest BCUT2D eigenvalue weighted by molar-refractivity contribution is -0.121. The van der Waals surface area contributed by atoms with E-state index in [1.165, 1.54) is 0 Å². The van der Waals surface area contributed by atoms with Gasteiger partial charge in [0.05, 0.1) is 5.02 Å². The van der Waals surface area contributed by atoms with Gasteiger partial charge in [-0.05, 0) is 35.7 Å². The van der Waals surface area contributed by atoms with Crippen LogP contribution in [-0.2, 0) is 11.3 Å². The monoisotopic (exact) mass is 440 g/mol. The van der Waals surface area contributed by atoms with Crippen molar-refractivity contribution < 1.29 is 14.1 Å². The minimum Gasteiger partial charge on any atom is -0.355 e. The van der Waals surface area contributed by atoms with Crippen molar-refractivity contribution >= 4 is 23.4 Å². The van der Waals surface area contributed by atoms with Gasteiger partial charge in [-0.2, -0.15) is 0 Å². The average Bonchev–Trinajstić information content (AvgIpc) is 3.25. The second kappa shape index (κ2) is 10.7. The largest absolute Gasteiger partial charge is 0.355 e. The molecule has 2 heterocycles. The van der Waals surface area contributed by atoms with E-state index in [-0.39, 0.29) is 36.4 Å². The summed E-state index contributed by atoms with van der Waals surface area (Å²) in [6.45, 7) is 5.24. The molecule has 0 aliphatic heterocycles. The van der Waals surface area contributed by atoms with E-state index < -0.39 is 0 Å². The standard InChI is InChI=1S/C23H25ClN4O3/c1-16(2)15-28(12-9-22(29)26-14-17-7-10-25-11-8-17)23(30)20-13-21(31-27-20)18-5-3-4-6-19(18)24/h3-8,10-11,13,16H,9,12,14-15H2,1-2H3,(H,26,29). The average molecular weight is 441 g/mol. The topological polar surface area (TPSA) is 88.3 Å². The summed E-state index contributed by atoms with van der Waals surface area (Å²) < 4.78 is 5.35. The number of nitrogens with one attached hydrogen (secondary N) is 1. The first-order chi connectivity index (χ1) is 14.9. The molecule has 0 spiro atoms. The zero-order valence-corrected chi connectivity index (χ0v) is 18.3. The Labute approximate surface area is 186 Å². The van der Waals surface area contributed by atoms with Gasteiger partial charge in [0.25, 0.3) is 5.91 Å². The summed E-state index contributed by atoms with van der Waals surface area (Å²) in [4.78, 5) is 30.9. The van der Waals surface area contributed by atoms with E-state index in [1.807, 2.05) is 38.1 Å². The lowest BCUT2D eigenvalue weighted by Gasteiger charge is -2.23. The predicted molar refractivity (Wildman–Crippen MR) is 118 cm³/mol. The van der Waals surface area contributed by atoms with Gasteiger partial charge in [-0.15, -0.1) is 0 Å². The number of halogens is 1. The van der Waals surface area contributed by atoms with Crippen LogP contribution in [0.5, 0.6) is 0 Å². The number of hydrogen-bond acceptors (Lipinski definition) is 5. The molecule has 3 rings (SSSR count). The van der Waals surface area contributed by atoms with Crippen molar-refractivity contribution in [3.63, 3.8) is 0 Å². The molecule has 2 aromatic heterocycles. The Hall–Kier alpha value is -3.19. The highest BCUT2D eigenvalue weighted by Gasteiger charge is 2.22. The third kappa shape index (κ3) is 6.39. The zero-order chi connectivity index (χ0) is 22.2. The third-order valence-electron chi connectivity index (χ3n) is 4.59. The Morgan fingerprint density at radius 3 is 2.61 bits per heavy atom. The number of aromatic nitrogens is 2. The SMILES string of the molecule is CC(C)CN(CCC(=O)NCc1ccncc1)C(=O)c1cc(-c2ccccc2Cl)on1. The van der Waals surface area contributed by atoms with Crippen LogP contribution in [0.4, 0.5) is 0 Å². The Balaban J connectivity index is 1.63. The van der Waals surface area contributed by atoms with Crippen LogP contribution in [0.2, 0.25) is 5.02 Å². The van der Waals surface area contributed by atoms with E-state index in [0.717, 1.165) is 5.56 Å². The summed E-state index contributed by atoms with van der Waals surface area (Å²) >= 11 is 6.21. The fourth-order valence-corrected chi connectivity index (χ4v) is 3.30. The summed E-state index contributed by atoms with van der Waals surface area (Å²) in [5, 5.41) is 7.31. The summed E-state index contributed by atoms with van der Waals surface area (Å²) in [5.41, 5.74) is 1.82. The smallest absolute Gasteiger partial charge is 0.276 e. The molecule has 0 bridgehead atoms. The van der Waals surface area contributed by atoms with Crippen molar-refractivity contribution in [1.29, 1.82) is 0 Å². The molecule has 0 aliphatic rings. The molecule has 2 amide bonds. The first kappa shape index (κ1) is 22.5. The van der Waals surface area contributed by atoms with E-state index in [2.05, 4.69) is 15.5 Å². The minimum atomic E-state index is -0.280. The quantitative estimate of drug-likeness (QED) is 0.538. The van der Waals surface area contributed by atoms with Gasteiger partial charge in [0.1, 0.15) is 0 Å². The normalized spacial score (nSPS) is 10.8. The first-order valence-electron chi connectivity index (χ1n) is 10.1. The van der Waals surface area contributed by atoms with Gasteiger partial charge in [0.2, 0.25) is 5.91 Å². The molecule has 0 fully saturated rings. The van der Waals surface area contributed by atoms with Gasteiger partial charge in [-0.25, -0.2) is 0 Å². The van der Waals surface area contributed by atoms with Gasteiger partial charge in [0, 0.05) is 50.1 Å². The van der Waals surface area contributed by atoms with Crippen LogP contribution < -0.4 is 5.32 Å². The Kier molecular flexibility index (Phi) is 7.78. The van der Waals surface area contributed by atoms with Gasteiger partial charge in [-0.1, -0.05) is 42.7 Å². The van der Waals surface area contributed by atoms with E-state index in [4.69, 9.17) is 16.1 Å². The fourth-order valence-electron chi connectivity index (χ4n) is 3.07. The number of carbonyl (C=O) groups excluding carboxylic acids is 2. The molecule has 162 valence electrons. The maximum absolute atomic E-state index is 13.0. The number of carbonyl (C=O) groups is 2. The molecule has 3 aromatic rings. The molecule has 0 saturated heterocycles. The van der Waals surface area contributed by atoms with E-state index in [9.17, 15) is 9.59 Å². The molecular weight excluding hydrogens is 416 g/mol. The van der Waals surface area contributed by atoms with Gasteiger partial charge in [-0.3, -0.25) is 14.6 Å². The fraction of sp³-hybridized carbons (Fsp3) is 0.304. The molecule has 0 saturated carbocycles. The first-order valence-corrected chi connectivity index (χ1v) is 10.5. The number of nitrogens with zero attached hydrogens (tertiary/aromatic N) is 3. The summed E-state index contributed by atoms with van der Waals surface area (Å²) in [6.07, 6.45) is 3.55. The highest BCUT2D eigenvalue weighted by Crippen LogP contribution is 2.28. The number of amides is 2. The Morgan fingerprint density at radius 1 is 1.16 bits per heavy atom. The van der Waals surface area contributed by atoms with Crippen LogP contribution in [-0.4, -0.2) is 39.9 Å². The van der Waals surface area contributed by atoms with Crippen LogP contribution in [0.25, 0.3) is 11.3 Å². The van der Waals surface area contributed by atoms with Crippen LogP contribution in [0, 0.1) is 5.92 Å². The summed E-state index contributed by atoms with van der Waals surface area (Å²) in [5.74, 6) is 0.250. The van der Waals surface area contributed by atoms with Crippen molar-refractivity contribution in [2.75, 3.05) is 13.1 Å². The zero-order valence-electron chi connectivity index (χ0n) is 17.5. The molecule has 1 N–H and O–H groups in total. The highest BCUT2D eigenvalue weighted by atomic mass is 35.5. The molecule has 1 aromatic carbocycles. The minimum absolute atomic E-state index is 0.129. The highest BCUT2D eigenvalue weighted by molar-refractivity contribution is 6.33. The van der Waals surface area contributed by atoms with Crippen LogP contribution in [0.15, 0.2) is 59.4 Å². The number of rotatable bonds is 9. The number of hydrogen-bond donors (Lipinski definition) is 1. The lowest BCUT2D eigenvalue weighted by atomic mass is 10.1. The van der Waals surface area contributed by atoms with Crippen molar-refractivity contribution in [3.05, 3.63) is 71.1 Å². The predicted octanol–water partition coefficient (Wildman–Crippen LogP) is 4.19. The Morgan fingerprint density at radius 2 is 1.90 bits per heavy atom. The molecular formula is C23H25ClN4O3.